The predicted molar refractivity (Wildman–Crippen MR) is 118 cm³/mol. The fourth-order valence-corrected chi connectivity index (χ4v) is 4.77. The van der Waals surface area contributed by atoms with Crippen molar-refractivity contribution in [3.8, 4) is 0 Å². The first-order chi connectivity index (χ1) is 15.9. The molecule has 1 amide bonds. The van der Waals surface area contributed by atoms with Gasteiger partial charge in [-0.15, -0.1) is 0 Å². The van der Waals surface area contributed by atoms with E-state index in [0.29, 0.717) is 44.1 Å². The highest BCUT2D eigenvalue weighted by atomic mass is 19.1. The average molecular weight is 455 g/mol. The van der Waals surface area contributed by atoms with Crippen molar-refractivity contribution >= 4 is 29.2 Å². The number of rotatable bonds is 6. The van der Waals surface area contributed by atoms with E-state index in [9.17, 15) is 14.0 Å². The molecule has 3 aliphatic rings. The summed E-state index contributed by atoms with van der Waals surface area (Å²) in [6.07, 6.45) is 4.89. The van der Waals surface area contributed by atoms with Crippen LogP contribution in [0.15, 0.2) is 18.5 Å². The van der Waals surface area contributed by atoms with Gasteiger partial charge in [-0.3, -0.25) is 9.59 Å². The highest BCUT2D eigenvalue weighted by Crippen LogP contribution is 2.41. The van der Waals surface area contributed by atoms with Gasteiger partial charge in [0.25, 0.3) is 0 Å². The normalized spacial score (nSPS) is 25.8. The minimum Gasteiger partial charge on any atom is -0.481 e. The van der Waals surface area contributed by atoms with Crippen molar-refractivity contribution < 1.29 is 19.1 Å². The number of hydrogen-bond donors (Lipinski definition) is 4. The Morgan fingerprint density at radius 3 is 2.94 bits per heavy atom. The van der Waals surface area contributed by atoms with E-state index in [1.807, 2.05) is 6.07 Å². The molecule has 1 saturated heterocycles. The lowest BCUT2D eigenvalue weighted by Gasteiger charge is -2.33. The third-order valence-corrected chi connectivity index (χ3v) is 6.68. The van der Waals surface area contributed by atoms with Gasteiger partial charge < -0.3 is 26.4 Å². The van der Waals surface area contributed by atoms with E-state index in [4.69, 9.17) is 10.8 Å². The molecule has 174 valence electrons. The Kier molecular flexibility index (Phi) is 5.47. The van der Waals surface area contributed by atoms with Crippen molar-refractivity contribution in [3.05, 3.63) is 35.7 Å². The molecule has 10 nitrogen and oxygen atoms in total. The van der Waals surface area contributed by atoms with Crippen LogP contribution < -0.4 is 16.4 Å². The molecule has 4 heterocycles. The van der Waals surface area contributed by atoms with Crippen LogP contribution >= 0.6 is 0 Å². The number of hydrogen-bond acceptors (Lipinski definition) is 8. The number of carboxylic acids is 1. The SMILES string of the molecule is Nc1cnc2c(c1)C(c1ncc(F)c(NC[C@H]3CCCN(C(=O)[C@@H]4C[C@@H]4C(=O)O)C3)n1)CN2. The number of aliphatic carboxylic acids is 1. The number of anilines is 3. The Hall–Kier alpha value is -3.50. The summed E-state index contributed by atoms with van der Waals surface area (Å²) >= 11 is 0. The first kappa shape index (κ1) is 21.4. The summed E-state index contributed by atoms with van der Waals surface area (Å²) in [6.45, 7) is 2.17. The van der Waals surface area contributed by atoms with Gasteiger partial charge >= 0.3 is 5.97 Å². The first-order valence-electron chi connectivity index (χ1n) is 11.2. The average Bonchev–Trinajstić information content (AvgIpc) is 3.52. The molecule has 2 aromatic rings. The summed E-state index contributed by atoms with van der Waals surface area (Å²) in [7, 11) is 0. The van der Waals surface area contributed by atoms with E-state index in [2.05, 4.69) is 25.6 Å². The summed E-state index contributed by atoms with van der Waals surface area (Å²) in [5.74, 6) is -1.20. The number of halogens is 1. The van der Waals surface area contributed by atoms with Crippen molar-refractivity contribution in [2.45, 2.75) is 25.2 Å². The summed E-state index contributed by atoms with van der Waals surface area (Å²) in [5, 5.41) is 15.4. The maximum atomic E-state index is 14.5. The number of nitrogens with two attached hydrogens (primary N) is 1. The molecule has 0 bridgehead atoms. The molecule has 5 N–H and O–H groups in total. The summed E-state index contributed by atoms with van der Waals surface area (Å²) in [6, 6.07) is 1.83. The van der Waals surface area contributed by atoms with E-state index < -0.39 is 23.6 Å². The molecule has 5 rings (SSSR count). The van der Waals surface area contributed by atoms with Crippen molar-refractivity contribution in [3.63, 3.8) is 0 Å². The number of fused-ring (bicyclic) bond motifs is 1. The van der Waals surface area contributed by atoms with Crippen LogP contribution in [0, 0.1) is 23.6 Å². The number of piperidine rings is 1. The highest BCUT2D eigenvalue weighted by molar-refractivity contribution is 5.89. The number of likely N-dealkylation sites (tertiary alicyclic amines) is 1. The monoisotopic (exact) mass is 455 g/mol. The lowest BCUT2D eigenvalue weighted by atomic mass is 9.97. The molecule has 33 heavy (non-hydrogen) atoms. The minimum atomic E-state index is -0.905. The Bertz CT molecular complexity index is 1100. The van der Waals surface area contributed by atoms with Crippen LogP contribution in [-0.2, 0) is 9.59 Å². The minimum absolute atomic E-state index is 0.0807. The molecule has 0 aromatic carbocycles. The number of nitrogens with zero attached hydrogens (tertiary/aromatic N) is 4. The first-order valence-corrected chi connectivity index (χ1v) is 11.2. The Labute approximate surface area is 189 Å². The zero-order valence-corrected chi connectivity index (χ0v) is 18.0. The Morgan fingerprint density at radius 1 is 1.30 bits per heavy atom. The van der Waals surface area contributed by atoms with Gasteiger partial charge in [-0.1, -0.05) is 0 Å². The van der Waals surface area contributed by atoms with Gasteiger partial charge in [-0.05, 0) is 31.2 Å². The molecule has 4 atom stereocenters. The lowest BCUT2D eigenvalue weighted by molar-refractivity contribution is -0.142. The molecular weight excluding hydrogens is 429 g/mol. The number of nitrogen functional groups attached to an aromatic ring is 1. The molecule has 1 unspecified atom stereocenters. The third kappa shape index (κ3) is 4.27. The second-order valence-corrected chi connectivity index (χ2v) is 9.03. The molecule has 11 heteroatoms. The molecule has 2 aliphatic heterocycles. The van der Waals surface area contributed by atoms with Crippen LogP contribution in [0.25, 0.3) is 0 Å². The van der Waals surface area contributed by atoms with E-state index in [-0.39, 0.29) is 23.6 Å². The smallest absolute Gasteiger partial charge is 0.307 e. The van der Waals surface area contributed by atoms with Crippen LogP contribution in [0.1, 0.15) is 36.6 Å². The zero-order chi connectivity index (χ0) is 23.1. The maximum Gasteiger partial charge on any atom is 0.307 e. The van der Waals surface area contributed by atoms with E-state index in [1.54, 1.807) is 11.1 Å². The number of amides is 1. The van der Waals surface area contributed by atoms with E-state index >= 15 is 0 Å². The van der Waals surface area contributed by atoms with Crippen molar-refractivity contribution in [2.75, 3.05) is 42.5 Å². The molecule has 0 radical (unpaired) electrons. The second kappa shape index (κ2) is 8.45. The summed E-state index contributed by atoms with van der Waals surface area (Å²) < 4.78 is 14.5. The van der Waals surface area contributed by atoms with Crippen LogP contribution in [0.3, 0.4) is 0 Å². The number of carbonyl (C=O) groups is 2. The number of aromatic nitrogens is 3. The van der Waals surface area contributed by atoms with Gasteiger partial charge in [0.2, 0.25) is 5.91 Å². The highest BCUT2D eigenvalue weighted by Gasteiger charge is 2.50. The predicted octanol–water partition coefficient (Wildman–Crippen LogP) is 1.52. The summed E-state index contributed by atoms with van der Waals surface area (Å²) in [5.41, 5.74) is 7.30. The van der Waals surface area contributed by atoms with Gasteiger partial charge in [-0.2, -0.15) is 0 Å². The van der Waals surface area contributed by atoms with Crippen molar-refractivity contribution in [1.29, 1.82) is 0 Å². The Morgan fingerprint density at radius 2 is 2.15 bits per heavy atom. The summed E-state index contributed by atoms with van der Waals surface area (Å²) in [4.78, 5) is 38.3. The van der Waals surface area contributed by atoms with Crippen LogP contribution in [-0.4, -0.2) is 63.0 Å². The van der Waals surface area contributed by atoms with Gasteiger partial charge in [0.15, 0.2) is 11.6 Å². The van der Waals surface area contributed by atoms with Crippen molar-refractivity contribution in [2.24, 2.45) is 17.8 Å². The number of pyridine rings is 1. The van der Waals surface area contributed by atoms with E-state index in [1.165, 1.54) is 0 Å². The van der Waals surface area contributed by atoms with Gasteiger partial charge in [0, 0.05) is 31.7 Å². The van der Waals surface area contributed by atoms with Crippen LogP contribution in [0.4, 0.5) is 21.7 Å². The number of nitrogens with one attached hydrogen (secondary N) is 2. The van der Waals surface area contributed by atoms with Crippen molar-refractivity contribution in [1.82, 2.24) is 19.9 Å². The molecule has 2 aromatic heterocycles. The molecule has 1 saturated carbocycles. The standard InChI is InChI=1S/C22H26FN7O3/c23-17-9-28-19(16-8-27-18-13(16)4-12(24)7-26-18)29-20(17)25-6-11-2-1-3-30(10-11)21(31)14-5-15(14)22(32)33/h4,7,9,11,14-16H,1-3,5-6,8,10,24H2,(H,26,27)(H,32,33)(H,25,28,29)/t11-,14-,15+,16?/m1/s1. The van der Waals surface area contributed by atoms with E-state index in [0.717, 1.165) is 30.4 Å². The number of carbonyl (C=O) groups excluding carboxylic acids is 1. The topological polar surface area (TPSA) is 146 Å². The number of carboxylic acid groups (broad SMARTS) is 1. The Balaban J connectivity index is 1.23. The van der Waals surface area contributed by atoms with Gasteiger partial charge in [0.05, 0.1) is 35.8 Å². The lowest BCUT2D eigenvalue weighted by Crippen LogP contribution is -2.43. The maximum absolute atomic E-state index is 14.5. The second-order valence-electron chi connectivity index (χ2n) is 9.03. The quantitative estimate of drug-likeness (QED) is 0.509. The fourth-order valence-electron chi connectivity index (χ4n) is 4.77. The van der Waals surface area contributed by atoms with Gasteiger partial charge in [0.1, 0.15) is 11.6 Å². The largest absolute Gasteiger partial charge is 0.481 e. The van der Waals surface area contributed by atoms with Gasteiger partial charge in [-0.25, -0.2) is 19.3 Å². The van der Waals surface area contributed by atoms with Crippen LogP contribution in [0.2, 0.25) is 0 Å². The molecular formula is C22H26FN7O3. The molecule has 0 spiro atoms. The molecule has 2 fully saturated rings. The van der Waals surface area contributed by atoms with Crippen LogP contribution in [0.5, 0.6) is 0 Å². The molecule has 1 aliphatic carbocycles. The third-order valence-electron chi connectivity index (χ3n) is 6.68. The zero-order valence-electron chi connectivity index (χ0n) is 18.0. The fraction of sp³-hybridized carbons (Fsp3) is 0.500.